The van der Waals surface area contributed by atoms with Crippen LogP contribution >= 0.6 is 15.9 Å². The maximum atomic E-state index is 10.5. The maximum Gasteiger partial charge on any atom is 0.0845 e. The Morgan fingerprint density at radius 2 is 2.14 bits per heavy atom. The molecule has 0 fully saturated rings. The second-order valence-electron chi connectivity index (χ2n) is 5.43. The minimum absolute atomic E-state index is 0.535. The highest BCUT2D eigenvalue weighted by Gasteiger charge is 2.19. The second kappa shape index (κ2) is 5.91. The summed E-state index contributed by atoms with van der Waals surface area (Å²) >= 11 is 3.60. The summed E-state index contributed by atoms with van der Waals surface area (Å²) in [5.74, 6) is 0. The zero-order valence-electron chi connectivity index (χ0n) is 12.3. The van der Waals surface area contributed by atoms with Gasteiger partial charge in [-0.1, -0.05) is 25.1 Å². The second-order valence-corrected chi connectivity index (χ2v) is 6.22. The van der Waals surface area contributed by atoms with Crippen molar-refractivity contribution in [2.45, 2.75) is 39.1 Å². The monoisotopic (exact) mass is 350 g/mol. The van der Waals surface area contributed by atoms with Gasteiger partial charge in [0, 0.05) is 13.5 Å². The molecular formula is C16H19BrN2O2. The summed E-state index contributed by atoms with van der Waals surface area (Å²) in [4.78, 5) is 0. The Bertz CT molecular complexity index is 667. The van der Waals surface area contributed by atoms with Crippen molar-refractivity contribution in [1.82, 2.24) is 9.78 Å². The molecule has 0 saturated carbocycles. The summed E-state index contributed by atoms with van der Waals surface area (Å²) in [6.45, 7) is 3.40. The first-order valence-corrected chi connectivity index (χ1v) is 7.97. The van der Waals surface area contributed by atoms with E-state index in [1.165, 1.54) is 11.1 Å². The molecule has 1 aromatic carbocycles. The van der Waals surface area contributed by atoms with Gasteiger partial charge >= 0.3 is 0 Å². The zero-order chi connectivity index (χ0) is 15.0. The van der Waals surface area contributed by atoms with Gasteiger partial charge in [-0.25, -0.2) is 0 Å². The first kappa shape index (κ1) is 14.8. The molecule has 2 heterocycles. The standard InChI is InChI=1S/C16H19BrN2O2/c1-3-13-16(17)14(19(2)18-13)7-15(20)10-4-5-11-8-21-9-12(11)6-10/h4-6,15,20H,3,7-9H2,1-2H3. The lowest BCUT2D eigenvalue weighted by molar-refractivity contribution is 0.134. The van der Waals surface area contributed by atoms with Crippen molar-refractivity contribution < 1.29 is 9.84 Å². The van der Waals surface area contributed by atoms with Crippen LogP contribution in [0.5, 0.6) is 0 Å². The molecule has 0 spiro atoms. The molecule has 0 amide bonds. The Labute approximate surface area is 132 Å². The highest BCUT2D eigenvalue weighted by Crippen LogP contribution is 2.29. The van der Waals surface area contributed by atoms with E-state index >= 15 is 0 Å². The van der Waals surface area contributed by atoms with Crippen LogP contribution in [0.25, 0.3) is 0 Å². The molecule has 1 atom stereocenters. The third kappa shape index (κ3) is 2.78. The summed E-state index contributed by atoms with van der Waals surface area (Å²) in [7, 11) is 1.92. The van der Waals surface area contributed by atoms with E-state index in [-0.39, 0.29) is 0 Å². The van der Waals surface area contributed by atoms with Gasteiger partial charge in [-0.2, -0.15) is 5.10 Å². The van der Waals surface area contributed by atoms with Crippen molar-refractivity contribution in [2.75, 3.05) is 0 Å². The third-order valence-corrected chi connectivity index (χ3v) is 4.94. The minimum Gasteiger partial charge on any atom is -0.388 e. The summed E-state index contributed by atoms with van der Waals surface area (Å²) in [6.07, 6.45) is 0.886. The fourth-order valence-corrected chi connectivity index (χ4v) is 3.52. The summed E-state index contributed by atoms with van der Waals surface area (Å²) in [6, 6.07) is 6.10. The van der Waals surface area contributed by atoms with Gasteiger partial charge in [0.15, 0.2) is 0 Å². The number of halogens is 1. The smallest absolute Gasteiger partial charge is 0.0845 e. The SMILES string of the molecule is CCc1nn(C)c(CC(O)c2ccc3c(c2)COC3)c1Br. The Balaban J connectivity index is 1.83. The summed E-state index contributed by atoms with van der Waals surface area (Å²) in [5, 5.41) is 15.0. The quantitative estimate of drug-likeness (QED) is 0.921. The molecule has 1 aliphatic rings. The van der Waals surface area contributed by atoms with Gasteiger partial charge in [-0.3, -0.25) is 4.68 Å². The molecule has 2 aromatic rings. The average Bonchev–Trinajstić information content (AvgIpc) is 3.05. The van der Waals surface area contributed by atoms with Gasteiger partial charge < -0.3 is 9.84 Å². The largest absolute Gasteiger partial charge is 0.388 e. The molecule has 0 saturated heterocycles. The van der Waals surface area contributed by atoms with Gasteiger partial charge in [-0.15, -0.1) is 0 Å². The topological polar surface area (TPSA) is 47.3 Å². The fourth-order valence-electron chi connectivity index (χ4n) is 2.74. The van der Waals surface area contributed by atoms with Crippen LogP contribution in [0.1, 0.15) is 41.1 Å². The number of aryl methyl sites for hydroxylation is 2. The number of aromatic nitrogens is 2. The van der Waals surface area contributed by atoms with E-state index in [4.69, 9.17) is 4.74 Å². The third-order valence-electron chi connectivity index (χ3n) is 4.02. The molecule has 4 nitrogen and oxygen atoms in total. The number of rotatable bonds is 4. The molecule has 0 radical (unpaired) electrons. The van der Waals surface area contributed by atoms with Gasteiger partial charge in [-0.05, 0) is 39.0 Å². The molecule has 112 valence electrons. The zero-order valence-corrected chi connectivity index (χ0v) is 13.9. The number of hydrogen-bond donors (Lipinski definition) is 1. The van der Waals surface area contributed by atoms with Crippen LogP contribution in [-0.2, 0) is 37.8 Å². The van der Waals surface area contributed by atoms with E-state index in [1.807, 2.05) is 17.8 Å². The molecule has 21 heavy (non-hydrogen) atoms. The normalized spacial score (nSPS) is 15.2. The average molecular weight is 351 g/mol. The number of ether oxygens (including phenoxy) is 1. The van der Waals surface area contributed by atoms with Crippen LogP contribution in [0.15, 0.2) is 22.7 Å². The number of benzene rings is 1. The van der Waals surface area contributed by atoms with Crippen molar-refractivity contribution in [2.24, 2.45) is 7.05 Å². The highest BCUT2D eigenvalue weighted by molar-refractivity contribution is 9.10. The van der Waals surface area contributed by atoms with Crippen LogP contribution in [-0.4, -0.2) is 14.9 Å². The summed E-state index contributed by atoms with van der Waals surface area (Å²) < 4.78 is 8.28. The Kier molecular flexibility index (Phi) is 4.15. The van der Waals surface area contributed by atoms with Crippen molar-refractivity contribution >= 4 is 15.9 Å². The van der Waals surface area contributed by atoms with Crippen LogP contribution in [0.2, 0.25) is 0 Å². The van der Waals surface area contributed by atoms with E-state index in [0.717, 1.165) is 27.8 Å². The van der Waals surface area contributed by atoms with Crippen molar-refractivity contribution in [3.8, 4) is 0 Å². The van der Waals surface area contributed by atoms with E-state index in [2.05, 4.69) is 40.1 Å². The lowest BCUT2D eigenvalue weighted by Crippen LogP contribution is -2.07. The van der Waals surface area contributed by atoms with Crippen LogP contribution < -0.4 is 0 Å². The number of aliphatic hydroxyl groups excluding tert-OH is 1. The Morgan fingerprint density at radius 1 is 1.38 bits per heavy atom. The molecule has 1 aromatic heterocycles. The van der Waals surface area contributed by atoms with Gasteiger partial charge in [0.25, 0.3) is 0 Å². The minimum atomic E-state index is -0.535. The molecule has 0 aliphatic carbocycles. The van der Waals surface area contributed by atoms with Gasteiger partial charge in [0.1, 0.15) is 0 Å². The van der Waals surface area contributed by atoms with Crippen LogP contribution in [0, 0.1) is 0 Å². The first-order chi connectivity index (χ1) is 10.1. The maximum absolute atomic E-state index is 10.5. The number of fused-ring (bicyclic) bond motifs is 1. The molecular weight excluding hydrogens is 332 g/mol. The highest BCUT2D eigenvalue weighted by atomic mass is 79.9. The number of hydrogen-bond acceptors (Lipinski definition) is 3. The molecule has 1 unspecified atom stereocenters. The lowest BCUT2D eigenvalue weighted by Gasteiger charge is -2.13. The van der Waals surface area contributed by atoms with E-state index < -0.39 is 6.10 Å². The van der Waals surface area contributed by atoms with Crippen molar-refractivity contribution in [3.63, 3.8) is 0 Å². The number of aliphatic hydroxyl groups is 1. The van der Waals surface area contributed by atoms with E-state index in [0.29, 0.717) is 19.6 Å². The molecule has 1 aliphatic heterocycles. The van der Waals surface area contributed by atoms with Crippen LogP contribution in [0.3, 0.4) is 0 Å². The lowest BCUT2D eigenvalue weighted by atomic mass is 10.00. The van der Waals surface area contributed by atoms with Gasteiger partial charge in [0.2, 0.25) is 0 Å². The number of nitrogens with zero attached hydrogens (tertiary/aromatic N) is 2. The predicted molar refractivity (Wildman–Crippen MR) is 83.9 cm³/mol. The predicted octanol–water partition coefficient (Wildman–Crippen LogP) is 3.05. The Hall–Kier alpha value is -1.17. The first-order valence-electron chi connectivity index (χ1n) is 7.18. The molecule has 3 rings (SSSR count). The van der Waals surface area contributed by atoms with Crippen molar-refractivity contribution in [3.05, 3.63) is 50.8 Å². The fraction of sp³-hybridized carbons (Fsp3) is 0.438. The van der Waals surface area contributed by atoms with E-state index in [9.17, 15) is 5.11 Å². The Morgan fingerprint density at radius 3 is 2.86 bits per heavy atom. The molecule has 5 heteroatoms. The molecule has 0 bridgehead atoms. The van der Waals surface area contributed by atoms with E-state index in [1.54, 1.807) is 0 Å². The van der Waals surface area contributed by atoms with Crippen LogP contribution in [0.4, 0.5) is 0 Å². The molecule has 1 N–H and O–H groups in total. The summed E-state index contributed by atoms with van der Waals surface area (Å²) in [5.41, 5.74) is 5.40. The van der Waals surface area contributed by atoms with Crippen molar-refractivity contribution in [1.29, 1.82) is 0 Å². The van der Waals surface area contributed by atoms with Gasteiger partial charge in [0.05, 0.1) is 35.2 Å².